The van der Waals surface area contributed by atoms with Crippen LogP contribution in [0.2, 0.25) is 0 Å². The molecule has 0 fully saturated rings. The fraction of sp³-hybridized carbons (Fsp3) is 0.250. The zero-order valence-corrected chi connectivity index (χ0v) is 10.2. The number of hydrogen-bond donors (Lipinski definition) is 1. The third-order valence-electron chi connectivity index (χ3n) is 2.92. The third kappa shape index (κ3) is 1.69. The topological polar surface area (TPSA) is 72.2 Å². The van der Waals surface area contributed by atoms with E-state index in [4.69, 9.17) is 5.11 Å². The summed E-state index contributed by atoms with van der Waals surface area (Å²) in [6.07, 6.45) is 0.956. The van der Waals surface area contributed by atoms with Gasteiger partial charge >= 0.3 is 5.97 Å². The maximum atomic E-state index is 12.2. The second kappa shape index (κ2) is 4.13. The Morgan fingerprint density at radius 3 is 3.06 bits per heavy atom. The molecule has 1 aliphatic heterocycles. The van der Waals surface area contributed by atoms with E-state index in [0.717, 1.165) is 12.2 Å². The molecule has 0 radical (unpaired) electrons. The van der Waals surface area contributed by atoms with Crippen LogP contribution in [0.15, 0.2) is 28.2 Å². The van der Waals surface area contributed by atoms with Crippen LogP contribution >= 0.6 is 11.8 Å². The largest absolute Gasteiger partial charge is 0.478 e. The minimum atomic E-state index is -1.01. The van der Waals surface area contributed by atoms with Crippen LogP contribution in [0.3, 0.4) is 0 Å². The summed E-state index contributed by atoms with van der Waals surface area (Å²) in [5.74, 6) is -0.0690. The number of thioether (sulfide) groups is 1. The summed E-state index contributed by atoms with van der Waals surface area (Å²) in [6.45, 7) is 0.685. The first kappa shape index (κ1) is 11.3. The number of benzene rings is 1. The molecule has 0 unspecified atom stereocenters. The van der Waals surface area contributed by atoms with E-state index in [9.17, 15) is 9.59 Å². The summed E-state index contributed by atoms with van der Waals surface area (Å²) in [5.41, 5.74) is 0.528. The molecule has 1 aliphatic rings. The average molecular weight is 262 g/mol. The Hall–Kier alpha value is -1.82. The van der Waals surface area contributed by atoms with Gasteiger partial charge < -0.3 is 5.11 Å². The van der Waals surface area contributed by atoms with Crippen molar-refractivity contribution in [2.75, 3.05) is 5.75 Å². The quantitative estimate of drug-likeness (QED) is 0.790. The smallest absolute Gasteiger partial charge is 0.335 e. The molecular formula is C12H10N2O3S. The van der Waals surface area contributed by atoms with Crippen molar-refractivity contribution in [1.29, 1.82) is 0 Å². The van der Waals surface area contributed by atoms with Crippen LogP contribution in [0, 0.1) is 0 Å². The van der Waals surface area contributed by atoms with Gasteiger partial charge in [0.05, 0.1) is 16.5 Å². The van der Waals surface area contributed by atoms with E-state index >= 15 is 0 Å². The Labute approximate surface area is 106 Å². The van der Waals surface area contributed by atoms with E-state index in [0.29, 0.717) is 22.6 Å². The van der Waals surface area contributed by atoms with Gasteiger partial charge in [-0.25, -0.2) is 9.78 Å². The number of hydrogen-bond acceptors (Lipinski definition) is 4. The van der Waals surface area contributed by atoms with Gasteiger partial charge in [0.25, 0.3) is 5.56 Å². The normalized spacial score (nSPS) is 14.4. The van der Waals surface area contributed by atoms with Gasteiger partial charge in [-0.2, -0.15) is 0 Å². The first-order chi connectivity index (χ1) is 8.66. The molecule has 3 rings (SSSR count). The molecule has 0 atom stereocenters. The second-order valence-corrected chi connectivity index (χ2v) is 5.15. The van der Waals surface area contributed by atoms with Crippen molar-refractivity contribution in [3.05, 3.63) is 34.1 Å². The zero-order valence-electron chi connectivity index (χ0n) is 9.42. The van der Waals surface area contributed by atoms with Crippen LogP contribution in [0.1, 0.15) is 16.8 Å². The molecule has 1 aromatic heterocycles. The number of carbonyl (C=O) groups is 1. The van der Waals surface area contributed by atoms with Crippen molar-refractivity contribution < 1.29 is 9.90 Å². The molecule has 6 heteroatoms. The molecule has 0 spiro atoms. The molecule has 5 nitrogen and oxygen atoms in total. The van der Waals surface area contributed by atoms with Crippen LogP contribution < -0.4 is 5.56 Å². The van der Waals surface area contributed by atoms with Gasteiger partial charge in [-0.3, -0.25) is 9.36 Å². The van der Waals surface area contributed by atoms with Gasteiger partial charge in [0.15, 0.2) is 5.16 Å². The summed E-state index contributed by atoms with van der Waals surface area (Å²) < 4.78 is 1.66. The molecular weight excluding hydrogens is 252 g/mol. The first-order valence-electron chi connectivity index (χ1n) is 5.57. The molecule has 92 valence electrons. The minimum Gasteiger partial charge on any atom is -0.478 e. The van der Waals surface area contributed by atoms with Crippen molar-refractivity contribution in [3.63, 3.8) is 0 Å². The fourth-order valence-corrected chi connectivity index (χ4v) is 2.98. The van der Waals surface area contributed by atoms with Crippen LogP contribution in [0.4, 0.5) is 0 Å². The lowest BCUT2D eigenvalue weighted by Gasteiger charge is -2.17. The Kier molecular flexibility index (Phi) is 2.59. The summed E-state index contributed by atoms with van der Waals surface area (Å²) >= 11 is 1.54. The number of aromatic carboxylic acids is 1. The SMILES string of the molecule is O=C(O)c1ccc2c(=O)n3c(nc2c1)SCCC3. The lowest BCUT2D eigenvalue weighted by atomic mass is 10.1. The van der Waals surface area contributed by atoms with Crippen molar-refractivity contribution in [2.24, 2.45) is 0 Å². The third-order valence-corrected chi connectivity index (χ3v) is 3.99. The standard InChI is InChI=1S/C12H10N2O3S/c15-10-8-3-2-7(11(16)17)6-9(8)13-12-14(10)4-1-5-18-12/h2-3,6H,1,4-5H2,(H,16,17). The number of rotatable bonds is 1. The number of carboxylic acids is 1. The fourth-order valence-electron chi connectivity index (χ4n) is 2.03. The second-order valence-electron chi connectivity index (χ2n) is 4.09. The molecule has 2 heterocycles. The molecule has 1 N–H and O–H groups in total. The highest BCUT2D eigenvalue weighted by Gasteiger charge is 2.16. The monoisotopic (exact) mass is 262 g/mol. The van der Waals surface area contributed by atoms with Gasteiger partial charge in [0.2, 0.25) is 0 Å². The van der Waals surface area contributed by atoms with E-state index in [1.807, 2.05) is 0 Å². The summed E-state index contributed by atoms with van der Waals surface area (Å²) in [4.78, 5) is 27.5. The first-order valence-corrected chi connectivity index (χ1v) is 6.56. The Bertz CT molecular complexity index is 708. The van der Waals surface area contributed by atoms with Crippen LogP contribution in [-0.2, 0) is 6.54 Å². The Balaban J connectivity index is 2.31. The highest BCUT2D eigenvalue weighted by molar-refractivity contribution is 7.99. The molecule has 1 aromatic carbocycles. The average Bonchev–Trinajstić information content (AvgIpc) is 2.38. The van der Waals surface area contributed by atoms with Crippen LogP contribution in [0.25, 0.3) is 10.9 Å². The minimum absolute atomic E-state index is 0.0841. The van der Waals surface area contributed by atoms with Crippen molar-refractivity contribution >= 4 is 28.6 Å². The molecule has 0 amide bonds. The maximum absolute atomic E-state index is 12.2. The summed E-state index contributed by atoms with van der Waals surface area (Å²) in [5, 5.41) is 10.1. The zero-order chi connectivity index (χ0) is 12.7. The van der Waals surface area contributed by atoms with Crippen LogP contribution in [0.5, 0.6) is 0 Å². The molecule has 2 aromatic rings. The molecule has 0 saturated heterocycles. The summed E-state index contributed by atoms with van der Waals surface area (Å²) in [6, 6.07) is 4.44. The Morgan fingerprint density at radius 2 is 2.28 bits per heavy atom. The van der Waals surface area contributed by atoms with Crippen LogP contribution in [-0.4, -0.2) is 26.4 Å². The number of nitrogens with zero attached hydrogens (tertiary/aromatic N) is 2. The van der Waals surface area contributed by atoms with E-state index < -0.39 is 5.97 Å². The van der Waals surface area contributed by atoms with Crippen molar-refractivity contribution in [3.8, 4) is 0 Å². The highest BCUT2D eigenvalue weighted by atomic mass is 32.2. The molecule has 18 heavy (non-hydrogen) atoms. The Morgan fingerprint density at radius 1 is 1.44 bits per heavy atom. The molecule has 0 aliphatic carbocycles. The van der Waals surface area contributed by atoms with E-state index in [1.54, 1.807) is 10.6 Å². The van der Waals surface area contributed by atoms with Gasteiger partial charge in [-0.1, -0.05) is 11.8 Å². The predicted octanol–water partition coefficient (Wildman–Crippen LogP) is 1.59. The van der Waals surface area contributed by atoms with Gasteiger partial charge in [0.1, 0.15) is 0 Å². The lowest BCUT2D eigenvalue weighted by Crippen LogP contribution is -2.26. The maximum Gasteiger partial charge on any atom is 0.335 e. The van der Waals surface area contributed by atoms with E-state index in [-0.39, 0.29) is 11.1 Å². The number of aromatic nitrogens is 2. The van der Waals surface area contributed by atoms with Gasteiger partial charge in [-0.05, 0) is 24.6 Å². The van der Waals surface area contributed by atoms with Gasteiger partial charge in [0, 0.05) is 12.3 Å². The van der Waals surface area contributed by atoms with E-state index in [2.05, 4.69) is 4.98 Å². The lowest BCUT2D eigenvalue weighted by molar-refractivity contribution is 0.0697. The van der Waals surface area contributed by atoms with Crippen molar-refractivity contribution in [2.45, 2.75) is 18.1 Å². The van der Waals surface area contributed by atoms with Gasteiger partial charge in [-0.15, -0.1) is 0 Å². The van der Waals surface area contributed by atoms with Crippen molar-refractivity contribution in [1.82, 2.24) is 9.55 Å². The highest BCUT2D eigenvalue weighted by Crippen LogP contribution is 2.23. The molecule has 0 saturated carbocycles. The summed E-state index contributed by atoms with van der Waals surface area (Å²) in [7, 11) is 0. The number of fused-ring (bicyclic) bond motifs is 2. The molecule has 0 bridgehead atoms. The van der Waals surface area contributed by atoms with E-state index in [1.165, 1.54) is 23.9 Å². The predicted molar refractivity (Wildman–Crippen MR) is 68.3 cm³/mol. The number of carboxylic acid groups (broad SMARTS) is 1.